The van der Waals surface area contributed by atoms with E-state index in [9.17, 15) is 14.7 Å². The molecule has 4 aromatic carbocycles. The predicted octanol–water partition coefficient (Wildman–Crippen LogP) is 10.9. The van der Waals surface area contributed by atoms with Crippen LogP contribution in [0.25, 0.3) is 22.8 Å². The van der Waals surface area contributed by atoms with Gasteiger partial charge in [0, 0.05) is 118 Å². The van der Waals surface area contributed by atoms with Crippen molar-refractivity contribution >= 4 is 24.3 Å². The average molecular weight is 1040 g/mol. The lowest BCUT2D eigenvalue weighted by Crippen LogP contribution is -2.48. The SMILES string of the molecule is CC.Cc1cc(C2CCC2)c(-c2nc3c([nH]2)CCN(C)CC3)cc1C(=O)N1CC(c2ccc(C#N)cc2)C1.Cc1cc(C2CCC2)c(-c2nc3c([nH]2)CCN(C)CC3)cc1C(=O)O.Cl.N#Cc1ccc(C2CNC2)cc1. The first kappa shape index (κ1) is 55.6. The summed E-state index contributed by atoms with van der Waals surface area (Å²) in [5.74, 6) is 3.10. The van der Waals surface area contributed by atoms with Crippen molar-refractivity contribution in [3.8, 4) is 34.9 Å². The molecule has 0 spiro atoms. The number of halogens is 1. The van der Waals surface area contributed by atoms with Gasteiger partial charge in [0.25, 0.3) is 5.91 Å². The van der Waals surface area contributed by atoms with Gasteiger partial charge in [-0.2, -0.15) is 10.5 Å². The van der Waals surface area contributed by atoms with Crippen LogP contribution in [0.5, 0.6) is 0 Å². The summed E-state index contributed by atoms with van der Waals surface area (Å²) < 4.78 is 0. The molecule has 4 N–H and O–H groups in total. The Bertz CT molecular complexity index is 3020. The summed E-state index contributed by atoms with van der Waals surface area (Å²) in [7, 11) is 4.31. The maximum absolute atomic E-state index is 13.6. The minimum absolute atomic E-state index is 0. The molecule has 4 aliphatic heterocycles. The molecule has 13 nitrogen and oxygen atoms in total. The Hall–Kier alpha value is -6.61. The minimum atomic E-state index is -0.867. The molecule has 6 heterocycles. The van der Waals surface area contributed by atoms with Gasteiger partial charge in [-0.1, -0.05) is 63.1 Å². The van der Waals surface area contributed by atoms with E-state index in [0.29, 0.717) is 47.9 Å². The number of benzene rings is 4. The number of likely N-dealkylation sites (N-methyl/N-ethyl adjacent to an activating group) is 2. The Balaban J connectivity index is 0.000000165. The van der Waals surface area contributed by atoms with Gasteiger partial charge in [0.15, 0.2) is 0 Å². The Morgan fingerprint density at radius 2 is 1.03 bits per heavy atom. The van der Waals surface area contributed by atoms with E-state index in [2.05, 4.69) is 76.4 Å². The Kier molecular flexibility index (Phi) is 18.3. The van der Waals surface area contributed by atoms with E-state index in [0.717, 1.165) is 116 Å². The summed E-state index contributed by atoms with van der Waals surface area (Å²) in [5, 5.41) is 30.4. The van der Waals surface area contributed by atoms with E-state index in [-0.39, 0.29) is 18.3 Å². The second kappa shape index (κ2) is 25.0. The number of likely N-dealkylation sites (tertiary alicyclic amines) is 1. The van der Waals surface area contributed by atoms with E-state index in [1.54, 1.807) is 0 Å². The zero-order valence-electron chi connectivity index (χ0n) is 45.3. The first-order valence-electron chi connectivity index (χ1n) is 27.5. The van der Waals surface area contributed by atoms with Crippen molar-refractivity contribution in [3.63, 3.8) is 0 Å². The number of nitrogens with zero attached hydrogens (tertiary/aromatic N) is 7. The van der Waals surface area contributed by atoms with Gasteiger partial charge in [-0.25, -0.2) is 14.8 Å². The van der Waals surface area contributed by atoms with E-state index in [4.69, 9.17) is 20.5 Å². The molecule has 1 amide bonds. The van der Waals surface area contributed by atoms with Crippen molar-refractivity contribution in [3.05, 3.63) is 151 Å². The van der Waals surface area contributed by atoms with Crippen LogP contribution in [-0.4, -0.2) is 118 Å². The van der Waals surface area contributed by atoms with E-state index in [1.165, 1.54) is 77.9 Å². The first-order chi connectivity index (χ1) is 36.4. The molecule has 76 heavy (non-hydrogen) atoms. The second-order valence-electron chi connectivity index (χ2n) is 21.4. The number of hydrogen-bond donors (Lipinski definition) is 4. The van der Waals surface area contributed by atoms with Crippen LogP contribution in [0.1, 0.15) is 164 Å². The lowest BCUT2D eigenvalue weighted by atomic mass is 9.77. The second-order valence-corrected chi connectivity index (χ2v) is 21.4. The van der Waals surface area contributed by atoms with Crippen molar-refractivity contribution in [2.45, 2.75) is 116 Å². The van der Waals surface area contributed by atoms with Gasteiger partial charge in [-0.15, -0.1) is 12.4 Å². The van der Waals surface area contributed by atoms with Gasteiger partial charge in [0.2, 0.25) is 0 Å². The van der Waals surface area contributed by atoms with Gasteiger partial charge in [-0.05, 0) is 135 Å². The summed E-state index contributed by atoms with van der Waals surface area (Å²) in [6.07, 6.45) is 11.2. The number of carboxylic acid groups (broad SMARTS) is 1. The van der Waals surface area contributed by atoms with Crippen LogP contribution >= 0.6 is 12.4 Å². The predicted molar refractivity (Wildman–Crippen MR) is 303 cm³/mol. The summed E-state index contributed by atoms with van der Waals surface area (Å²) in [5.41, 5.74) is 16.5. The number of hydrogen-bond acceptors (Lipinski definition) is 9. The van der Waals surface area contributed by atoms with Crippen LogP contribution in [0.2, 0.25) is 0 Å². The molecule has 0 atom stereocenters. The molecular formula is C62H75ClN10O3. The molecule has 12 rings (SSSR count). The molecule has 2 aromatic heterocycles. The number of carbonyl (C=O) groups is 2. The maximum atomic E-state index is 13.6. The van der Waals surface area contributed by atoms with E-state index < -0.39 is 5.97 Å². The molecular weight excluding hydrogens is 968 g/mol. The quantitative estimate of drug-likeness (QED) is 0.115. The third kappa shape index (κ3) is 12.3. The summed E-state index contributed by atoms with van der Waals surface area (Å²) in [6.45, 7) is 15.7. The largest absolute Gasteiger partial charge is 0.478 e. The number of aryl methyl sites for hydroxylation is 2. The molecule has 2 aliphatic carbocycles. The third-order valence-corrected chi connectivity index (χ3v) is 16.5. The van der Waals surface area contributed by atoms with Crippen LogP contribution in [-0.2, 0) is 25.7 Å². The number of nitriles is 2. The number of carbonyl (C=O) groups excluding carboxylic acids is 1. The Morgan fingerprint density at radius 1 is 0.605 bits per heavy atom. The number of imidazole rings is 2. The van der Waals surface area contributed by atoms with Gasteiger partial charge >= 0.3 is 5.97 Å². The van der Waals surface area contributed by atoms with Gasteiger partial charge in [0.1, 0.15) is 11.6 Å². The normalized spacial score (nSPS) is 17.6. The van der Waals surface area contributed by atoms with E-state index >= 15 is 0 Å². The third-order valence-electron chi connectivity index (χ3n) is 16.5. The van der Waals surface area contributed by atoms with Crippen LogP contribution in [0.15, 0.2) is 72.8 Å². The van der Waals surface area contributed by atoms with Gasteiger partial charge in [0.05, 0.1) is 40.2 Å². The summed E-state index contributed by atoms with van der Waals surface area (Å²) in [6, 6.07) is 28.2. The molecule has 14 heteroatoms. The molecule has 0 bridgehead atoms. The van der Waals surface area contributed by atoms with Crippen LogP contribution in [0.4, 0.5) is 0 Å². The highest BCUT2D eigenvalue weighted by Crippen LogP contribution is 2.44. The average Bonchev–Trinajstić information content (AvgIpc) is 3.86. The fraction of sp³-hybridized carbons (Fsp3) is 0.452. The van der Waals surface area contributed by atoms with Gasteiger partial charge < -0.3 is 35.1 Å². The highest BCUT2D eigenvalue weighted by atomic mass is 35.5. The lowest BCUT2D eigenvalue weighted by Gasteiger charge is -2.40. The number of fused-ring (bicyclic) bond motifs is 2. The fourth-order valence-electron chi connectivity index (χ4n) is 11.1. The number of nitrogens with one attached hydrogen (secondary N) is 3. The number of H-pyrrole nitrogens is 2. The Labute approximate surface area is 455 Å². The minimum Gasteiger partial charge on any atom is -0.478 e. The molecule has 0 radical (unpaired) electrons. The molecule has 2 saturated carbocycles. The van der Waals surface area contributed by atoms with Crippen molar-refractivity contribution in [1.82, 2.24) is 40.0 Å². The molecule has 0 unspecified atom stereocenters. The molecule has 6 aromatic rings. The van der Waals surface area contributed by atoms with Crippen LogP contribution in [0, 0.1) is 36.5 Å². The van der Waals surface area contributed by atoms with Crippen molar-refractivity contribution in [2.24, 2.45) is 0 Å². The first-order valence-corrected chi connectivity index (χ1v) is 27.5. The monoisotopic (exact) mass is 1040 g/mol. The maximum Gasteiger partial charge on any atom is 0.335 e. The smallest absolute Gasteiger partial charge is 0.335 e. The molecule has 2 saturated heterocycles. The topological polar surface area (TPSA) is 181 Å². The molecule has 4 fully saturated rings. The lowest BCUT2D eigenvalue weighted by molar-refractivity contribution is 0.0601. The Morgan fingerprint density at radius 3 is 1.42 bits per heavy atom. The number of aromatic amines is 2. The highest BCUT2D eigenvalue weighted by Gasteiger charge is 2.35. The summed E-state index contributed by atoms with van der Waals surface area (Å²) in [4.78, 5) is 48.9. The number of rotatable bonds is 8. The fourth-order valence-corrected chi connectivity index (χ4v) is 11.1. The number of carboxylic acids is 1. The van der Waals surface area contributed by atoms with E-state index in [1.807, 2.05) is 80.3 Å². The number of amides is 1. The summed E-state index contributed by atoms with van der Waals surface area (Å²) >= 11 is 0. The standard InChI is InChI=1S/C30H33N5O.C20H25N3O2.C10H10N2.C2H6.ClH/c1-19-14-25(22-4-3-5-22)26(29-32-27-10-12-34(2)13-11-28(27)33-29)15-24(19)30(36)35-17-23(18-35)21-8-6-20(16-31)7-9-21;1-12-10-15(13-4-3-5-13)16(11-14(12)20(24)25)19-21-17-6-8-23(2)9-7-18(17)22-19;11-5-8-1-3-9(4-2-8)10-6-12-7-10;1-2;/h6-9,14-15,22-23H,3-5,10-13,17-18H2,1-2H3,(H,32,33);10-11,13H,3-9H2,1-2H3,(H,21,22)(H,24,25);1-4,10,12H,6-7H2;1-2H3;1H. The van der Waals surface area contributed by atoms with Crippen LogP contribution in [0.3, 0.4) is 0 Å². The zero-order valence-corrected chi connectivity index (χ0v) is 46.1. The van der Waals surface area contributed by atoms with Crippen LogP contribution < -0.4 is 5.32 Å². The van der Waals surface area contributed by atoms with Crippen molar-refractivity contribution < 1.29 is 14.7 Å². The van der Waals surface area contributed by atoms with Crippen molar-refractivity contribution in [2.75, 3.05) is 66.5 Å². The highest BCUT2D eigenvalue weighted by molar-refractivity contribution is 5.98. The molecule has 398 valence electrons. The number of aromatic nitrogens is 4. The molecule has 6 aliphatic rings. The number of aromatic carboxylic acids is 1. The van der Waals surface area contributed by atoms with Gasteiger partial charge in [-0.3, -0.25) is 4.79 Å². The van der Waals surface area contributed by atoms with Crippen molar-refractivity contribution in [1.29, 1.82) is 10.5 Å². The zero-order chi connectivity index (χ0) is 52.8.